The molecule has 0 atom stereocenters. The third kappa shape index (κ3) is 5.93. The molecule has 0 saturated heterocycles. The molecule has 8 nitrogen and oxygen atoms in total. The predicted molar refractivity (Wildman–Crippen MR) is 132 cm³/mol. The lowest BCUT2D eigenvalue weighted by Gasteiger charge is -2.14. The van der Waals surface area contributed by atoms with Crippen LogP contribution < -0.4 is 20.1 Å². The number of nitrogens with one attached hydrogen (secondary N) is 3. The highest BCUT2D eigenvalue weighted by molar-refractivity contribution is 7.92. The van der Waals surface area contributed by atoms with E-state index in [1.54, 1.807) is 24.3 Å². The van der Waals surface area contributed by atoms with Gasteiger partial charge in [0.25, 0.3) is 15.9 Å². The molecule has 0 aliphatic heterocycles. The van der Waals surface area contributed by atoms with Crippen LogP contribution in [0.5, 0.6) is 5.75 Å². The van der Waals surface area contributed by atoms with E-state index in [0.29, 0.717) is 11.4 Å². The van der Waals surface area contributed by atoms with Gasteiger partial charge >= 0.3 is 0 Å². The summed E-state index contributed by atoms with van der Waals surface area (Å²) < 4.78 is 33.3. The lowest BCUT2D eigenvalue weighted by atomic mass is 10.1. The maximum absolute atomic E-state index is 12.8. The SMILES string of the molecule is COc1ccccc1NS(=O)(=O)c1cccc(C(=O)NCC(=O)Nc2c(C)cc(C)cc2C)c1. The lowest BCUT2D eigenvalue weighted by molar-refractivity contribution is -0.115. The second-order valence-electron chi connectivity index (χ2n) is 7.84. The largest absolute Gasteiger partial charge is 0.495 e. The molecule has 0 saturated carbocycles. The first-order valence-corrected chi connectivity index (χ1v) is 12.0. The first kappa shape index (κ1) is 24.8. The minimum absolute atomic E-state index is 0.0959. The van der Waals surface area contributed by atoms with Crippen LogP contribution in [-0.4, -0.2) is 33.9 Å². The van der Waals surface area contributed by atoms with Gasteiger partial charge in [-0.05, 0) is 62.2 Å². The fraction of sp³-hybridized carbons (Fsp3) is 0.200. The molecule has 2 amide bonds. The maximum atomic E-state index is 12.8. The van der Waals surface area contributed by atoms with Crippen molar-refractivity contribution in [1.82, 2.24) is 5.32 Å². The zero-order chi connectivity index (χ0) is 24.9. The van der Waals surface area contributed by atoms with Gasteiger partial charge in [0.1, 0.15) is 5.75 Å². The number of hydrogen-bond donors (Lipinski definition) is 3. The summed E-state index contributed by atoms with van der Waals surface area (Å²) in [5.74, 6) is -0.586. The summed E-state index contributed by atoms with van der Waals surface area (Å²) in [6.45, 7) is 5.52. The van der Waals surface area contributed by atoms with Crippen LogP contribution in [0.15, 0.2) is 65.6 Å². The van der Waals surface area contributed by atoms with E-state index in [4.69, 9.17) is 4.74 Å². The molecule has 9 heteroatoms. The van der Waals surface area contributed by atoms with E-state index >= 15 is 0 Å². The Labute approximate surface area is 199 Å². The van der Waals surface area contributed by atoms with Crippen LogP contribution in [0, 0.1) is 20.8 Å². The molecule has 3 rings (SSSR count). The molecular weight excluding hydrogens is 454 g/mol. The Hall–Kier alpha value is -3.85. The average molecular weight is 482 g/mol. The van der Waals surface area contributed by atoms with Crippen LogP contribution in [0.25, 0.3) is 0 Å². The van der Waals surface area contributed by atoms with Crippen LogP contribution in [0.4, 0.5) is 11.4 Å². The molecule has 0 aliphatic carbocycles. The predicted octanol–water partition coefficient (Wildman–Crippen LogP) is 3.79. The Kier molecular flexibility index (Phi) is 7.57. The van der Waals surface area contributed by atoms with Gasteiger partial charge in [-0.2, -0.15) is 0 Å². The first-order chi connectivity index (χ1) is 16.1. The molecule has 0 radical (unpaired) electrons. The molecule has 0 spiro atoms. The summed E-state index contributed by atoms with van der Waals surface area (Å²) in [4.78, 5) is 24.9. The quantitative estimate of drug-likeness (QED) is 0.453. The highest BCUT2D eigenvalue weighted by Crippen LogP contribution is 2.26. The van der Waals surface area contributed by atoms with Gasteiger partial charge in [-0.15, -0.1) is 0 Å². The number of sulfonamides is 1. The van der Waals surface area contributed by atoms with Gasteiger partial charge in [-0.3, -0.25) is 14.3 Å². The molecule has 3 aromatic rings. The van der Waals surface area contributed by atoms with E-state index in [9.17, 15) is 18.0 Å². The number of rotatable bonds is 8. The number of ether oxygens (including phenoxy) is 1. The number of benzene rings is 3. The van der Waals surface area contributed by atoms with Gasteiger partial charge in [0.15, 0.2) is 0 Å². The van der Waals surface area contributed by atoms with Crippen molar-refractivity contribution < 1.29 is 22.7 Å². The molecule has 178 valence electrons. The second-order valence-corrected chi connectivity index (χ2v) is 9.52. The summed E-state index contributed by atoms with van der Waals surface area (Å²) in [6.07, 6.45) is 0. The molecule has 3 aromatic carbocycles. The molecule has 0 fully saturated rings. The third-order valence-corrected chi connectivity index (χ3v) is 6.47. The zero-order valence-corrected chi connectivity index (χ0v) is 20.2. The molecule has 0 aliphatic rings. The Balaban J connectivity index is 1.68. The molecular formula is C25H27N3O5S. The van der Waals surface area contributed by atoms with E-state index in [1.165, 1.54) is 31.4 Å². The van der Waals surface area contributed by atoms with Gasteiger partial charge in [0.05, 0.1) is 24.2 Å². The monoisotopic (exact) mass is 481 g/mol. The molecule has 0 unspecified atom stereocenters. The van der Waals surface area contributed by atoms with Crippen molar-refractivity contribution in [2.24, 2.45) is 0 Å². The van der Waals surface area contributed by atoms with Gasteiger partial charge < -0.3 is 15.4 Å². The van der Waals surface area contributed by atoms with E-state index in [2.05, 4.69) is 15.4 Å². The molecule has 0 heterocycles. The topological polar surface area (TPSA) is 114 Å². The van der Waals surface area contributed by atoms with E-state index in [1.807, 2.05) is 32.9 Å². The Morgan fingerprint density at radius 3 is 2.26 bits per heavy atom. The number of amides is 2. The standard InChI is InChI=1S/C25H27N3O5S/c1-16-12-17(2)24(18(3)13-16)27-23(29)15-26-25(30)19-8-7-9-20(14-19)34(31,32)28-21-10-5-6-11-22(21)33-4/h5-14,28H,15H2,1-4H3,(H,26,30)(H,27,29). The van der Waals surface area contributed by atoms with Gasteiger partial charge in [0.2, 0.25) is 5.91 Å². The number of carbonyl (C=O) groups excluding carboxylic acids is 2. The van der Waals surface area contributed by atoms with Gasteiger partial charge in [0, 0.05) is 11.3 Å². The average Bonchev–Trinajstić information content (AvgIpc) is 2.80. The minimum atomic E-state index is -3.98. The van der Waals surface area contributed by atoms with Crippen molar-refractivity contribution in [3.05, 3.63) is 82.9 Å². The van der Waals surface area contributed by atoms with Crippen LogP contribution in [0.3, 0.4) is 0 Å². The normalized spacial score (nSPS) is 10.9. The zero-order valence-electron chi connectivity index (χ0n) is 19.4. The van der Waals surface area contributed by atoms with E-state index in [0.717, 1.165) is 16.7 Å². The second kappa shape index (κ2) is 10.4. The fourth-order valence-corrected chi connectivity index (χ4v) is 4.68. The number of anilines is 2. The number of carbonyl (C=O) groups is 2. The minimum Gasteiger partial charge on any atom is -0.495 e. The van der Waals surface area contributed by atoms with E-state index < -0.39 is 15.9 Å². The third-order valence-electron chi connectivity index (χ3n) is 5.11. The van der Waals surface area contributed by atoms with Crippen molar-refractivity contribution in [2.75, 3.05) is 23.7 Å². The summed E-state index contributed by atoms with van der Waals surface area (Å²) in [5, 5.41) is 5.34. The Morgan fingerprint density at radius 2 is 1.59 bits per heavy atom. The van der Waals surface area contributed by atoms with Crippen molar-refractivity contribution in [2.45, 2.75) is 25.7 Å². The van der Waals surface area contributed by atoms with Crippen LogP contribution in [0.1, 0.15) is 27.0 Å². The van der Waals surface area contributed by atoms with Gasteiger partial charge in [-0.1, -0.05) is 35.9 Å². The van der Waals surface area contributed by atoms with Crippen LogP contribution >= 0.6 is 0 Å². The highest BCUT2D eigenvalue weighted by atomic mass is 32.2. The molecule has 34 heavy (non-hydrogen) atoms. The number of para-hydroxylation sites is 2. The summed E-state index contributed by atoms with van der Waals surface area (Å²) in [7, 11) is -2.54. The number of aryl methyl sites for hydroxylation is 3. The molecule has 0 aromatic heterocycles. The fourth-order valence-electron chi connectivity index (χ4n) is 3.56. The first-order valence-electron chi connectivity index (χ1n) is 10.5. The summed E-state index contributed by atoms with van der Waals surface area (Å²) in [6, 6.07) is 16.1. The van der Waals surface area contributed by atoms with E-state index in [-0.39, 0.29) is 28.6 Å². The van der Waals surface area contributed by atoms with Crippen molar-refractivity contribution >= 4 is 33.2 Å². The van der Waals surface area contributed by atoms with Crippen molar-refractivity contribution in [1.29, 1.82) is 0 Å². The lowest BCUT2D eigenvalue weighted by Crippen LogP contribution is -2.33. The molecule has 3 N–H and O–H groups in total. The summed E-state index contributed by atoms with van der Waals surface area (Å²) >= 11 is 0. The molecule has 0 bridgehead atoms. The maximum Gasteiger partial charge on any atom is 0.262 e. The van der Waals surface area contributed by atoms with Crippen LogP contribution in [0.2, 0.25) is 0 Å². The number of methoxy groups -OCH3 is 1. The summed E-state index contributed by atoms with van der Waals surface area (Å²) in [5.41, 5.74) is 4.04. The van der Waals surface area contributed by atoms with Crippen LogP contribution in [-0.2, 0) is 14.8 Å². The van der Waals surface area contributed by atoms with Gasteiger partial charge in [-0.25, -0.2) is 8.42 Å². The van der Waals surface area contributed by atoms with Crippen molar-refractivity contribution in [3.8, 4) is 5.75 Å². The Bertz CT molecular complexity index is 1310. The van der Waals surface area contributed by atoms with Crippen molar-refractivity contribution in [3.63, 3.8) is 0 Å². The Morgan fingerprint density at radius 1 is 0.912 bits per heavy atom. The highest BCUT2D eigenvalue weighted by Gasteiger charge is 2.19. The number of hydrogen-bond acceptors (Lipinski definition) is 5. The smallest absolute Gasteiger partial charge is 0.262 e.